The predicted octanol–water partition coefficient (Wildman–Crippen LogP) is 9.94. The molecule has 0 nitrogen and oxygen atoms in total. The summed E-state index contributed by atoms with van der Waals surface area (Å²) < 4.78 is 3.82. The van der Waals surface area contributed by atoms with Crippen LogP contribution in [0.1, 0.15) is 25.0 Å². The molecule has 0 radical (unpaired) electrons. The second-order valence-electron chi connectivity index (χ2n) is 9.52. The first kappa shape index (κ1) is 19.5. The van der Waals surface area contributed by atoms with E-state index >= 15 is 0 Å². The fourth-order valence-corrected chi connectivity index (χ4v) is 7.50. The van der Waals surface area contributed by atoms with Gasteiger partial charge in [0.05, 0.1) is 0 Å². The Labute approximate surface area is 205 Å². The average Bonchev–Trinajstić information content (AvgIpc) is 3.31. The molecule has 1 aliphatic rings. The zero-order valence-electron chi connectivity index (χ0n) is 18.4. The van der Waals surface area contributed by atoms with Crippen molar-refractivity contribution < 1.29 is 0 Å². The molecule has 0 atom stereocenters. The van der Waals surface area contributed by atoms with Gasteiger partial charge in [-0.2, -0.15) is 0 Å². The molecular formula is C31H21BrS. The lowest BCUT2D eigenvalue weighted by molar-refractivity contribution is 0.661. The molecule has 1 heterocycles. The monoisotopic (exact) mass is 504 g/mol. The van der Waals surface area contributed by atoms with E-state index in [-0.39, 0.29) is 5.41 Å². The Kier molecular flexibility index (Phi) is 4.02. The molecule has 0 saturated carbocycles. The van der Waals surface area contributed by atoms with Crippen molar-refractivity contribution in [2.45, 2.75) is 19.3 Å². The van der Waals surface area contributed by atoms with Crippen LogP contribution < -0.4 is 0 Å². The smallest absolute Gasteiger partial charge is 0.0366 e. The van der Waals surface area contributed by atoms with Crippen molar-refractivity contribution in [3.05, 3.63) is 107 Å². The molecule has 158 valence electrons. The molecular weight excluding hydrogens is 484 g/mol. The van der Waals surface area contributed by atoms with Crippen LogP contribution in [0.2, 0.25) is 0 Å². The summed E-state index contributed by atoms with van der Waals surface area (Å²) in [7, 11) is 0. The highest BCUT2D eigenvalue weighted by atomic mass is 79.9. The number of hydrogen-bond acceptors (Lipinski definition) is 1. The van der Waals surface area contributed by atoms with Crippen LogP contribution in [-0.4, -0.2) is 0 Å². The van der Waals surface area contributed by atoms with Crippen LogP contribution in [0.3, 0.4) is 0 Å². The van der Waals surface area contributed by atoms with Crippen LogP contribution >= 0.6 is 27.3 Å². The second kappa shape index (κ2) is 6.79. The van der Waals surface area contributed by atoms with E-state index in [1.165, 1.54) is 68.8 Å². The Balaban J connectivity index is 1.50. The Hall–Kier alpha value is -2.94. The number of hydrogen-bond donors (Lipinski definition) is 0. The van der Waals surface area contributed by atoms with E-state index in [1.807, 2.05) is 11.3 Å². The molecule has 1 aliphatic carbocycles. The van der Waals surface area contributed by atoms with Gasteiger partial charge in [-0.05, 0) is 80.6 Å². The number of halogens is 1. The summed E-state index contributed by atoms with van der Waals surface area (Å²) in [5.74, 6) is 0. The minimum atomic E-state index is 0.00556. The molecule has 6 aromatic rings. The Morgan fingerprint density at radius 3 is 2.36 bits per heavy atom. The average molecular weight is 505 g/mol. The van der Waals surface area contributed by atoms with E-state index in [1.54, 1.807) is 0 Å². The Morgan fingerprint density at radius 2 is 1.45 bits per heavy atom. The van der Waals surface area contributed by atoms with Crippen molar-refractivity contribution in [1.29, 1.82) is 0 Å². The van der Waals surface area contributed by atoms with Crippen molar-refractivity contribution in [3.63, 3.8) is 0 Å². The number of fused-ring (bicyclic) bond motifs is 7. The zero-order valence-corrected chi connectivity index (χ0v) is 20.8. The van der Waals surface area contributed by atoms with Gasteiger partial charge in [-0.15, -0.1) is 11.3 Å². The minimum Gasteiger partial charge on any atom is -0.135 e. The minimum absolute atomic E-state index is 0.00556. The maximum Gasteiger partial charge on any atom is 0.0366 e. The van der Waals surface area contributed by atoms with Gasteiger partial charge in [-0.25, -0.2) is 0 Å². The quantitative estimate of drug-likeness (QED) is 0.209. The summed E-state index contributed by atoms with van der Waals surface area (Å²) in [6.07, 6.45) is 0. The van der Waals surface area contributed by atoms with E-state index in [2.05, 4.69) is 121 Å². The van der Waals surface area contributed by atoms with Crippen LogP contribution in [0.25, 0.3) is 53.2 Å². The molecule has 0 unspecified atom stereocenters. The maximum absolute atomic E-state index is 3.78. The van der Waals surface area contributed by atoms with Gasteiger partial charge in [0.1, 0.15) is 0 Å². The van der Waals surface area contributed by atoms with Crippen molar-refractivity contribution in [1.82, 2.24) is 0 Å². The summed E-state index contributed by atoms with van der Waals surface area (Å²) in [5.41, 5.74) is 8.18. The summed E-state index contributed by atoms with van der Waals surface area (Å²) in [6.45, 7) is 4.71. The van der Waals surface area contributed by atoms with Crippen LogP contribution in [0.4, 0.5) is 0 Å². The molecule has 0 spiro atoms. The first-order valence-electron chi connectivity index (χ1n) is 11.3. The van der Waals surface area contributed by atoms with E-state index < -0.39 is 0 Å². The van der Waals surface area contributed by atoms with Crippen LogP contribution in [0.5, 0.6) is 0 Å². The topological polar surface area (TPSA) is 0 Å². The molecule has 0 bridgehead atoms. The van der Waals surface area contributed by atoms with Gasteiger partial charge < -0.3 is 0 Å². The van der Waals surface area contributed by atoms with Gasteiger partial charge in [-0.3, -0.25) is 0 Å². The molecule has 5 aromatic carbocycles. The van der Waals surface area contributed by atoms with Gasteiger partial charge in [0.25, 0.3) is 0 Å². The predicted molar refractivity (Wildman–Crippen MR) is 148 cm³/mol. The molecule has 1 aromatic heterocycles. The first-order valence-corrected chi connectivity index (χ1v) is 12.9. The molecule has 0 aliphatic heterocycles. The lowest BCUT2D eigenvalue weighted by atomic mass is 9.81. The van der Waals surface area contributed by atoms with Crippen molar-refractivity contribution >= 4 is 58.2 Å². The molecule has 33 heavy (non-hydrogen) atoms. The Morgan fingerprint density at radius 1 is 0.636 bits per heavy atom. The zero-order chi connectivity index (χ0) is 22.3. The fraction of sp³-hybridized carbons (Fsp3) is 0.0968. The highest BCUT2D eigenvalue weighted by Crippen LogP contribution is 2.50. The summed E-state index contributed by atoms with van der Waals surface area (Å²) in [4.78, 5) is 0. The van der Waals surface area contributed by atoms with E-state index in [9.17, 15) is 0 Å². The molecule has 7 rings (SSSR count). The number of benzene rings is 5. The third-order valence-electron chi connectivity index (χ3n) is 7.34. The highest BCUT2D eigenvalue weighted by Gasteiger charge is 2.35. The number of thiophene rings is 1. The Bertz CT molecular complexity index is 1750. The normalized spacial score (nSPS) is 14.2. The van der Waals surface area contributed by atoms with Gasteiger partial charge in [0.15, 0.2) is 0 Å². The molecule has 0 fully saturated rings. The van der Waals surface area contributed by atoms with Crippen molar-refractivity contribution in [3.8, 4) is 22.3 Å². The van der Waals surface area contributed by atoms with Gasteiger partial charge in [-0.1, -0.05) is 84.4 Å². The summed E-state index contributed by atoms with van der Waals surface area (Å²) in [6, 6.07) is 33.9. The molecule has 2 heteroatoms. The van der Waals surface area contributed by atoms with Gasteiger partial charge in [0, 0.05) is 30.1 Å². The fourth-order valence-electron chi connectivity index (χ4n) is 5.68. The van der Waals surface area contributed by atoms with Gasteiger partial charge in [0.2, 0.25) is 0 Å². The third kappa shape index (κ3) is 2.68. The van der Waals surface area contributed by atoms with Crippen molar-refractivity contribution in [2.75, 3.05) is 0 Å². The largest absolute Gasteiger partial charge is 0.135 e. The van der Waals surface area contributed by atoms with Crippen LogP contribution in [-0.2, 0) is 5.41 Å². The standard InChI is InChI=1S/C31H21BrS/c1-31(2)25-10-4-3-8-21(25)23-15-18-7-5-9-20(22(18)17-26(23)31)19-13-14-28-24(16-19)30-27(32)11-6-12-29(30)33-28/h3-17H,1-2H3. The summed E-state index contributed by atoms with van der Waals surface area (Å²) in [5, 5.41) is 5.27. The van der Waals surface area contributed by atoms with Crippen LogP contribution in [0.15, 0.2) is 95.5 Å². The van der Waals surface area contributed by atoms with Gasteiger partial charge >= 0.3 is 0 Å². The lowest BCUT2D eigenvalue weighted by Gasteiger charge is -2.22. The van der Waals surface area contributed by atoms with Crippen LogP contribution in [0, 0.1) is 0 Å². The number of rotatable bonds is 1. The molecule has 0 amide bonds. The highest BCUT2D eigenvalue weighted by molar-refractivity contribution is 9.10. The third-order valence-corrected chi connectivity index (χ3v) is 9.13. The van der Waals surface area contributed by atoms with E-state index in [0.29, 0.717) is 0 Å². The van der Waals surface area contributed by atoms with E-state index in [0.717, 1.165) is 0 Å². The SMILES string of the molecule is CC1(C)c2ccccc2-c2cc3cccc(-c4ccc5sc6cccc(Br)c6c5c4)c3cc21. The maximum atomic E-state index is 3.78. The first-order chi connectivity index (χ1) is 16.0. The second-order valence-corrected chi connectivity index (χ2v) is 11.5. The van der Waals surface area contributed by atoms with Crippen molar-refractivity contribution in [2.24, 2.45) is 0 Å². The molecule has 0 N–H and O–H groups in total. The summed E-state index contributed by atoms with van der Waals surface area (Å²) >= 11 is 5.65. The molecule has 0 saturated heterocycles. The van der Waals surface area contributed by atoms with E-state index in [4.69, 9.17) is 0 Å². The lowest BCUT2D eigenvalue weighted by Crippen LogP contribution is -2.14.